The van der Waals surface area contributed by atoms with Gasteiger partial charge in [-0.05, 0) is 114 Å². The summed E-state index contributed by atoms with van der Waals surface area (Å²) in [6.07, 6.45) is 14.7. The average Bonchev–Trinajstić information content (AvgIpc) is 3.92. The van der Waals surface area contributed by atoms with E-state index >= 15 is 0 Å². The summed E-state index contributed by atoms with van der Waals surface area (Å²) in [5.41, 5.74) is 7.83. The van der Waals surface area contributed by atoms with Gasteiger partial charge in [-0.15, -0.1) is 0 Å². The summed E-state index contributed by atoms with van der Waals surface area (Å²) in [5, 5.41) is 13.0. The number of aliphatic hydroxyl groups is 1. The van der Waals surface area contributed by atoms with E-state index in [1.807, 2.05) is 107 Å². The summed E-state index contributed by atoms with van der Waals surface area (Å²) in [4.78, 5) is 40.7. The van der Waals surface area contributed by atoms with Crippen LogP contribution in [0.3, 0.4) is 0 Å². The molecule has 2 aromatic heterocycles. The third-order valence-electron chi connectivity index (χ3n) is 8.98. The number of aromatic nitrogens is 3. The monoisotopic (exact) mass is 979 g/mol. The molecule has 0 amide bonds. The Hall–Kier alpha value is -5.31. The molecule has 0 unspecified atom stereocenters. The second-order valence-corrected chi connectivity index (χ2v) is 14.4. The summed E-state index contributed by atoms with van der Waals surface area (Å²) in [5.74, 6) is 2.00. The van der Waals surface area contributed by atoms with Crippen LogP contribution in [-0.2, 0) is 25.5 Å². The number of ether oxygens (including phenoxy) is 2. The van der Waals surface area contributed by atoms with Gasteiger partial charge in [-0.3, -0.25) is 14.9 Å². The van der Waals surface area contributed by atoms with Crippen LogP contribution in [0, 0.1) is 5.92 Å². The zero-order valence-corrected chi connectivity index (χ0v) is 47.9. The van der Waals surface area contributed by atoms with Crippen molar-refractivity contribution in [3.05, 3.63) is 115 Å². The lowest BCUT2D eigenvalue weighted by Gasteiger charge is -2.20. The summed E-state index contributed by atoms with van der Waals surface area (Å²) in [6, 6.07) is 21.3. The van der Waals surface area contributed by atoms with E-state index in [0.717, 1.165) is 92.7 Å². The van der Waals surface area contributed by atoms with Crippen molar-refractivity contribution in [3.8, 4) is 22.4 Å². The molecular formula is C57H102N8O5. The molecule has 0 radical (unpaired) electrons. The molecule has 400 valence electrons. The van der Waals surface area contributed by atoms with Crippen molar-refractivity contribution >= 4 is 24.5 Å². The number of imidazole rings is 1. The lowest BCUT2D eigenvalue weighted by atomic mass is 10.0. The van der Waals surface area contributed by atoms with E-state index in [1.165, 1.54) is 16.7 Å². The third kappa shape index (κ3) is 41.6. The Morgan fingerprint density at radius 1 is 0.843 bits per heavy atom. The minimum absolute atomic E-state index is 0.255. The predicted octanol–water partition coefficient (Wildman–Crippen LogP) is 12.1. The lowest BCUT2D eigenvalue weighted by molar-refractivity contribution is -0.110. The largest absolute Gasteiger partial charge is 0.502 e. The number of aldehydes is 2. The number of methoxy groups -OCH3 is 2. The van der Waals surface area contributed by atoms with E-state index in [2.05, 4.69) is 140 Å². The van der Waals surface area contributed by atoms with Crippen LogP contribution in [0.15, 0.2) is 103 Å². The summed E-state index contributed by atoms with van der Waals surface area (Å²) in [7, 11) is 15.8. The Morgan fingerprint density at radius 3 is 1.70 bits per heavy atom. The molecule has 0 aliphatic carbocycles. The van der Waals surface area contributed by atoms with E-state index in [-0.39, 0.29) is 12.0 Å². The van der Waals surface area contributed by atoms with E-state index in [4.69, 9.17) is 5.11 Å². The van der Waals surface area contributed by atoms with E-state index in [9.17, 15) is 9.59 Å². The fraction of sp³-hybridized carbons (Fsp3) is 0.526. The van der Waals surface area contributed by atoms with Crippen molar-refractivity contribution in [1.29, 1.82) is 0 Å². The first-order valence-electron chi connectivity index (χ1n) is 24.8. The first-order valence-corrected chi connectivity index (χ1v) is 24.8. The maximum Gasteiger partial charge on any atom is 0.123 e. The quantitative estimate of drug-likeness (QED) is 0.0427. The maximum atomic E-state index is 9.96. The van der Waals surface area contributed by atoms with Crippen LogP contribution in [-0.4, -0.2) is 132 Å². The maximum absolute atomic E-state index is 9.96. The predicted molar refractivity (Wildman–Crippen MR) is 306 cm³/mol. The Morgan fingerprint density at radius 2 is 1.31 bits per heavy atom. The van der Waals surface area contributed by atoms with Gasteiger partial charge in [0.25, 0.3) is 0 Å². The Bertz CT molecular complexity index is 1750. The van der Waals surface area contributed by atoms with Gasteiger partial charge in [0.15, 0.2) is 0 Å². The fourth-order valence-electron chi connectivity index (χ4n) is 4.80. The van der Waals surface area contributed by atoms with Crippen molar-refractivity contribution in [2.45, 2.75) is 115 Å². The first kappa shape index (κ1) is 76.2. The van der Waals surface area contributed by atoms with Crippen LogP contribution in [0.25, 0.3) is 28.1 Å². The van der Waals surface area contributed by atoms with Crippen LogP contribution in [0.4, 0.5) is 0 Å². The van der Waals surface area contributed by atoms with E-state index in [1.54, 1.807) is 40.6 Å². The number of allylic oxidation sites excluding steroid dienone is 1. The number of hydrogen-bond acceptors (Lipinski definition) is 12. The van der Waals surface area contributed by atoms with Gasteiger partial charge in [0, 0.05) is 65.9 Å². The Balaban J connectivity index is -0.000000237. The molecular weight excluding hydrogens is 877 g/mol. The minimum atomic E-state index is 0.255. The molecule has 0 fully saturated rings. The Kier molecular flexibility index (Phi) is 63.1. The highest BCUT2D eigenvalue weighted by Crippen LogP contribution is 2.26. The number of benzene rings is 2. The number of aliphatic hydroxyl groups excluding tert-OH is 1. The fourth-order valence-corrected chi connectivity index (χ4v) is 4.80. The van der Waals surface area contributed by atoms with Gasteiger partial charge >= 0.3 is 0 Å². The number of aromatic amines is 1. The molecule has 13 heteroatoms. The third-order valence-corrected chi connectivity index (χ3v) is 8.98. The molecule has 0 bridgehead atoms. The molecule has 4 aromatic rings. The van der Waals surface area contributed by atoms with Gasteiger partial charge in [0.05, 0.1) is 42.7 Å². The lowest BCUT2D eigenvalue weighted by Crippen LogP contribution is -2.22. The summed E-state index contributed by atoms with van der Waals surface area (Å²) in [6.45, 7) is 30.6. The zero-order chi connectivity index (χ0) is 55.1. The van der Waals surface area contributed by atoms with Gasteiger partial charge in [-0.25, -0.2) is 4.98 Å². The number of carbonyl (C=O) groups excluding carboxylic acids is 2. The SMILES string of the molecule is C=C(C)OC.CC.CC.CC.CCCN(C)CC=N/C=C(\NC)c1ccc(-c2ccc(-c3cnc([C@H](C)N(C)CC)[nH]3)cc2)cc1.CC[C@H](C)C=O.CNC.CO.COC.O=CCCc1ccncc1. The smallest absolute Gasteiger partial charge is 0.123 e. The molecule has 0 aliphatic heterocycles. The highest BCUT2D eigenvalue weighted by molar-refractivity contribution is 5.72. The van der Waals surface area contributed by atoms with E-state index in [0.29, 0.717) is 6.42 Å². The van der Waals surface area contributed by atoms with Crippen LogP contribution in [0.1, 0.15) is 125 Å². The molecule has 0 spiro atoms. The van der Waals surface area contributed by atoms with E-state index < -0.39 is 0 Å². The van der Waals surface area contributed by atoms with Gasteiger partial charge in [0.2, 0.25) is 0 Å². The number of H-pyrrole nitrogens is 1. The minimum Gasteiger partial charge on any atom is -0.502 e. The number of aryl methyl sites for hydroxylation is 1. The van der Waals surface area contributed by atoms with Crippen molar-refractivity contribution in [3.63, 3.8) is 0 Å². The second kappa shape index (κ2) is 58.0. The summed E-state index contributed by atoms with van der Waals surface area (Å²) >= 11 is 0. The molecule has 13 nitrogen and oxygen atoms in total. The highest BCUT2D eigenvalue weighted by Gasteiger charge is 2.14. The number of nitrogens with one attached hydrogen (secondary N) is 3. The topological polar surface area (TPSA) is 157 Å². The van der Waals surface area contributed by atoms with Crippen LogP contribution in [0.5, 0.6) is 0 Å². The number of aliphatic imine (C=N–C) groups is 1. The molecule has 0 saturated carbocycles. The van der Waals surface area contributed by atoms with Gasteiger partial charge in [-0.2, -0.15) is 0 Å². The number of carbonyl (C=O) groups is 2. The summed E-state index contributed by atoms with van der Waals surface area (Å²) < 4.78 is 8.81. The molecule has 70 heavy (non-hydrogen) atoms. The van der Waals surface area contributed by atoms with Gasteiger partial charge in [-0.1, -0.05) is 124 Å². The number of pyridine rings is 1. The molecule has 2 atom stereocenters. The normalized spacial score (nSPS) is 10.4. The van der Waals surface area contributed by atoms with Crippen molar-refractivity contribution < 1.29 is 24.2 Å². The standard InChI is InChI=1S/C29H40N6.C8H9NO.C5H10O.C4H8O.C2H7N.C2H6O.3C2H6.CH4O/c1-7-18-34(5)19-17-31-20-27(30-4)25-13-9-23(10-14-25)24-11-15-26(16-12-24)28-21-32-29(33-28)22(3)35(6)8-2;10-7-1-2-8-3-5-9-6-4-8;1-3-5(2)4-6;1-4(2)5-3;2*1-3-2;4*1-2/h9-17,20-22,30H,7-8,18-19H2,1-6H3,(H,32,33);3-7H,1-2H2;4-5H,3H2,1-2H3;1H2,2-3H3;3H,1-2H3;1-2H3;3*1-2H3;2H,1H3/b27-20-,31-17?;;;;;;;;;/t22-;;5-;;;;;;;/m0.0......./s1. The average molecular weight is 979 g/mol. The molecule has 4 rings (SSSR count). The first-order chi connectivity index (χ1) is 33.8. The molecule has 2 heterocycles. The number of nitrogens with zero attached hydrogens (tertiary/aromatic N) is 5. The van der Waals surface area contributed by atoms with Gasteiger partial charge in [0.1, 0.15) is 18.4 Å². The molecule has 0 aliphatic rings. The molecule has 4 N–H and O–H groups in total. The highest BCUT2D eigenvalue weighted by atomic mass is 16.5. The zero-order valence-electron chi connectivity index (χ0n) is 47.9. The van der Waals surface area contributed by atoms with Crippen molar-refractivity contribution in [1.82, 2.24) is 35.4 Å². The Labute approximate surface area is 428 Å². The van der Waals surface area contributed by atoms with Gasteiger partial charge < -0.3 is 44.7 Å². The molecule has 2 aromatic carbocycles. The van der Waals surface area contributed by atoms with Crippen LogP contribution >= 0.6 is 0 Å². The van der Waals surface area contributed by atoms with Crippen molar-refractivity contribution in [2.24, 2.45) is 10.9 Å². The number of hydrogen-bond donors (Lipinski definition) is 4. The number of rotatable bonds is 18. The van der Waals surface area contributed by atoms with Crippen LogP contribution in [0.2, 0.25) is 0 Å². The molecule has 0 saturated heterocycles. The second-order valence-electron chi connectivity index (χ2n) is 14.4. The van der Waals surface area contributed by atoms with Crippen LogP contribution < -0.4 is 10.6 Å². The van der Waals surface area contributed by atoms with Crippen molar-refractivity contribution in [2.75, 3.05) is 83.3 Å².